The molecule has 1 aromatic rings. The van der Waals surface area contributed by atoms with Gasteiger partial charge in [-0.25, -0.2) is 4.39 Å². The van der Waals surface area contributed by atoms with E-state index in [9.17, 15) is 9.59 Å². The van der Waals surface area contributed by atoms with E-state index in [1.807, 2.05) is 24.4 Å². The Kier molecular flexibility index (Phi) is 8.49. The zero-order valence-corrected chi connectivity index (χ0v) is 27.3. The molecule has 3 saturated carbocycles. The highest BCUT2D eigenvalue weighted by Gasteiger charge is 2.61. The van der Waals surface area contributed by atoms with Gasteiger partial charge in [0.15, 0.2) is 5.78 Å². The third kappa shape index (κ3) is 5.43. The van der Waals surface area contributed by atoms with Crippen LogP contribution in [0.15, 0.2) is 42.1 Å². The van der Waals surface area contributed by atoms with Crippen LogP contribution in [-0.2, 0) is 14.3 Å². The van der Waals surface area contributed by atoms with Crippen LogP contribution in [0.3, 0.4) is 0 Å². The Bertz CT molecular complexity index is 1330. The number of nitrogens with one attached hydrogen (secondary N) is 1. The summed E-state index contributed by atoms with van der Waals surface area (Å²) in [5, 5.41) is 3.08. The van der Waals surface area contributed by atoms with E-state index in [1.165, 1.54) is 37.7 Å². The van der Waals surface area contributed by atoms with Gasteiger partial charge in [-0.05, 0) is 69.5 Å². The first-order valence-electron chi connectivity index (χ1n) is 18.2. The van der Waals surface area contributed by atoms with Gasteiger partial charge in [-0.3, -0.25) is 14.5 Å². The van der Waals surface area contributed by atoms with Crippen molar-refractivity contribution in [3.8, 4) is 0 Å². The quantitative estimate of drug-likeness (QED) is 0.463. The topological polar surface area (TPSA) is 91.1 Å². The van der Waals surface area contributed by atoms with E-state index in [4.69, 9.17) is 10.5 Å². The first kappa shape index (κ1) is 31.0. The van der Waals surface area contributed by atoms with Gasteiger partial charge in [0, 0.05) is 49.8 Å². The summed E-state index contributed by atoms with van der Waals surface area (Å²) in [6.07, 6.45) is 10.5. The zero-order valence-electron chi connectivity index (χ0n) is 27.3. The van der Waals surface area contributed by atoms with E-state index in [1.54, 1.807) is 0 Å². The minimum atomic E-state index is -1.23. The molecular weight excluding hydrogens is 581 g/mol. The van der Waals surface area contributed by atoms with Crippen molar-refractivity contribution < 1.29 is 18.7 Å². The molecule has 7 aliphatic rings. The summed E-state index contributed by atoms with van der Waals surface area (Å²) < 4.78 is 23.7. The van der Waals surface area contributed by atoms with E-state index in [0.29, 0.717) is 37.5 Å². The Morgan fingerprint density at radius 2 is 1.78 bits per heavy atom. The lowest BCUT2D eigenvalue weighted by Gasteiger charge is -2.61. The summed E-state index contributed by atoms with van der Waals surface area (Å²) in [4.78, 5) is 34.7. The normalized spacial score (nSPS) is 42.6. The Hall–Kier alpha value is -2.33. The molecule has 9 heteroatoms. The maximum absolute atomic E-state index is 16.7. The van der Waals surface area contributed by atoms with Gasteiger partial charge in [0.2, 0.25) is 0 Å². The molecule has 250 valence electrons. The van der Waals surface area contributed by atoms with Crippen molar-refractivity contribution in [2.24, 2.45) is 23.5 Å². The van der Waals surface area contributed by atoms with Crippen molar-refractivity contribution in [3.63, 3.8) is 0 Å². The van der Waals surface area contributed by atoms with E-state index < -0.39 is 24.2 Å². The van der Waals surface area contributed by atoms with Crippen molar-refractivity contribution in [1.82, 2.24) is 20.0 Å². The number of fused-ring (bicyclic) bond motifs is 3. The number of likely N-dealkylation sites (tertiary alicyclic amines) is 2. The third-order valence-electron chi connectivity index (χ3n) is 13.2. The van der Waals surface area contributed by atoms with Crippen LogP contribution in [-0.4, -0.2) is 108 Å². The molecule has 1 aromatic carbocycles. The molecule has 0 radical (unpaired) electrons. The van der Waals surface area contributed by atoms with E-state index in [2.05, 4.69) is 39.2 Å². The van der Waals surface area contributed by atoms with Gasteiger partial charge in [-0.1, -0.05) is 56.0 Å². The van der Waals surface area contributed by atoms with Crippen LogP contribution in [0.4, 0.5) is 4.39 Å². The number of Topliss-reactive ketones (excluding diaryl/α,β-unsaturated/α-hetero) is 1. The van der Waals surface area contributed by atoms with Crippen molar-refractivity contribution in [3.05, 3.63) is 47.7 Å². The second-order valence-electron chi connectivity index (χ2n) is 15.6. The molecule has 4 heterocycles. The zero-order chi connectivity index (χ0) is 31.5. The molecule has 3 aliphatic carbocycles. The summed E-state index contributed by atoms with van der Waals surface area (Å²) in [6.45, 7) is 2.92. The fourth-order valence-electron chi connectivity index (χ4n) is 10.8. The third-order valence-corrected chi connectivity index (χ3v) is 13.2. The van der Waals surface area contributed by atoms with Gasteiger partial charge < -0.3 is 25.6 Å². The number of carbonyl (C=O) groups excluding carboxylic acids is 2. The number of ether oxygens (including phenoxy) is 1. The first-order valence-corrected chi connectivity index (χ1v) is 18.2. The van der Waals surface area contributed by atoms with Gasteiger partial charge in [-0.2, -0.15) is 0 Å². The lowest BCUT2D eigenvalue weighted by molar-refractivity contribution is -0.219. The van der Waals surface area contributed by atoms with Crippen LogP contribution in [0, 0.1) is 17.8 Å². The van der Waals surface area contributed by atoms with Gasteiger partial charge in [0.05, 0.1) is 35.9 Å². The standard InChI is InChI=1S/C37H52FN5O3/c1-41-15-7-12-25(41)13-14-40-37(45)28-20-43-31-16-23-10-5-6-11-24(23)17-32(31)46-36-33(43)26(35(28)44)18-29(38)34(36)42-19-27(30(39)21-42)22-8-3-2-4-9-22/h2-4,8-9,20,23-27,29-34,36H,5-7,10-19,21,39H2,1H3,(H,40,45)/t23?,24?,25?,26?,27-,29?,30+,31?,32?,33?,34?,36?/m0/s1. The van der Waals surface area contributed by atoms with Gasteiger partial charge in [0.25, 0.3) is 5.91 Å². The fraction of sp³-hybridized carbons (Fsp3) is 0.730. The molecule has 0 aromatic heterocycles. The number of morpholine rings is 1. The molecule has 3 N–H and O–H groups in total. The molecule has 0 spiro atoms. The second kappa shape index (κ2) is 12.6. The van der Waals surface area contributed by atoms with Crippen LogP contribution < -0.4 is 11.1 Å². The maximum Gasteiger partial charge on any atom is 0.256 e. The number of hydrogen-bond acceptors (Lipinski definition) is 7. The largest absolute Gasteiger partial charge is 0.369 e. The van der Waals surface area contributed by atoms with Crippen LogP contribution >= 0.6 is 0 Å². The Morgan fingerprint density at radius 1 is 1.00 bits per heavy atom. The molecule has 6 fully saturated rings. The summed E-state index contributed by atoms with van der Waals surface area (Å²) in [5.74, 6) is 0.315. The summed E-state index contributed by atoms with van der Waals surface area (Å²) >= 11 is 0. The van der Waals surface area contributed by atoms with E-state index >= 15 is 4.39 Å². The van der Waals surface area contributed by atoms with Crippen LogP contribution in [0.2, 0.25) is 0 Å². The highest BCUT2D eigenvalue weighted by molar-refractivity contribution is 6.20. The lowest BCUT2D eigenvalue weighted by atomic mass is 9.64. The van der Waals surface area contributed by atoms with Crippen molar-refractivity contribution in [2.75, 3.05) is 33.2 Å². The number of alkyl halides is 1. The number of halogens is 1. The molecule has 12 atom stereocenters. The predicted molar refractivity (Wildman–Crippen MR) is 175 cm³/mol. The molecule has 4 aliphatic heterocycles. The predicted octanol–water partition coefficient (Wildman–Crippen LogP) is 3.61. The van der Waals surface area contributed by atoms with Crippen LogP contribution in [0.1, 0.15) is 75.7 Å². The molecule has 8 nitrogen and oxygen atoms in total. The van der Waals surface area contributed by atoms with Gasteiger partial charge >= 0.3 is 0 Å². The number of carbonyl (C=O) groups is 2. The Morgan fingerprint density at radius 3 is 2.54 bits per heavy atom. The van der Waals surface area contributed by atoms with E-state index in [0.717, 1.165) is 32.2 Å². The first-order chi connectivity index (χ1) is 22.4. The SMILES string of the molecule is CN1CCCC1CCNC(=O)C1=CN2C3CC4CCCCC4CC3OC3C(N4C[C@@H](N)[C@H](c5ccccc5)C4)C(F)CC(C1=O)C32. The molecular formula is C37H52FN5O3. The highest BCUT2D eigenvalue weighted by atomic mass is 19.1. The minimum absolute atomic E-state index is 0.0260. The second-order valence-corrected chi connectivity index (χ2v) is 15.6. The monoisotopic (exact) mass is 633 g/mol. The van der Waals surface area contributed by atoms with Crippen molar-refractivity contribution >= 4 is 11.7 Å². The molecule has 10 unspecified atom stereocenters. The molecule has 46 heavy (non-hydrogen) atoms. The molecule has 3 saturated heterocycles. The van der Waals surface area contributed by atoms with Gasteiger partial charge in [0.1, 0.15) is 6.17 Å². The number of amides is 1. The number of rotatable bonds is 6. The minimum Gasteiger partial charge on any atom is -0.369 e. The number of ketones is 1. The van der Waals surface area contributed by atoms with Crippen molar-refractivity contribution in [2.45, 2.75) is 119 Å². The fourth-order valence-corrected chi connectivity index (χ4v) is 10.8. The van der Waals surface area contributed by atoms with Crippen LogP contribution in [0.25, 0.3) is 0 Å². The molecule has 1 amide bonds. The maximum atomic E-state index is 16.7. The average Bonchev–Trinajstić information content (AvgIpc) is 3.65. The molecule has 0 bridgehead atoms. The van der Waals surface area contributed by atoms with E-state index in [-0.39, 0.29) is 53.8 Å². The van der Waals surface area contributed by atoms with Gasteiger partial charge in [-0.15, -0.1) is 0 Å². The highest BCUT2D eigenvalue weighted by Crippen LogP contribution is 2.51. The summed E-state index contributed by atoms with van der Waals surface area (Å²) in [7, 11) is 2.14. The lowest BCUT2D eigenvalue weighted by Crippen LogP contribution is -2.73. The van der Waals surface area contributed by atoms with Crippen LogP contribution in [0.5, 0.6) is 0 Å². The summed E-state index contributed by atoms with van der Waals surface area (Å²) in [5.41, 5.74) is 8.13. The number of nitrogens with zero attached hydrogens (tertiary/aromatic N) is 3. The Labute approximate surface area is 273 Å². The Balaban J connectivity index is 1.08. The van der Waals surface area contributed by atoms with Crippen molar-refractivity contribution in [1.29, 1.82) is 0 Å². The number of benzene rings is 1. The smallest absolute Gasteiger partial charge is 0.256 e. The number of hydrogen-bond donors (Lipinski definition) is 2. The number of nitrogens with two attached hydrogens (primary N) is 1. The average molecular weight is 634 g/mol. The molecule has 8 rings (SSSR count). The summed E-state index contributed by atoms with van der Waals surface area (Å²) in [6, 6.07) is 10.1.